The molecule has 3 aromatic rings. The summed E-state index contributed by atoms with van der Waals surface area (Å²) in [5.41, 5.74) is -0.508. The molecule has 0 bridgehead atoms. The number of carbonyl (C=O) groups is 1. The molecule has 1 N–H and O–H groups in total. The fourth-order valence-electron chi connectivity index (χ4n) is 2.40. The van der Waals surface area contributed by atoms with E-state index < -0.39 is 29.0 Å². The monoisotopic (exact) mass is 422 g/mol. The van der Waals surface area contributed by atoms with Gasteiger partial charge in [-0.25, -0.2) is 9.07 Å². The van der Waals surface area contributed by atoms with E-state index in [-0.39, 0.29) is 29.5 Å². The van der Waals surface area contributed by atoms with Crippen LogP contribution in [0, 0.1) is 15.9 Å². The van der Waals surface area contributed by atoms with Crippen LogP contribution in [-0.4, -0.2) is 27.2 Å². The van der Waals surface area contributed by atoms with Crippen molar-refractivity contribution in [2.75, 3.05) is 5.32 Å². The van der Waals surface area contributed by atoms with Gasteiger partial charge in [-0.2, -0.15) is 13.9 Å². The number of nitro groups is 1. The first-order chi connectivity index (χ1) is 14.3. The summed E-state index contributed by atoms with van der Waals surface area (Å²) < 4.78 is 48.9. The van der Waals surface area contributed by atoms with Gasteiger partial charge in [0, 0.05) is 18.3 Å². The molecule has 0 aliphatic heterocycles. The van der Waals surface area contributed by atoms with Gasteiger partial charge in [-0.3, -0.25) is 14.9 Å². The average Bonchev–Trinajstić information content (AvgIpc) is 3.17. The van der Waals surface area contributed by atoms with E-state index >= 15 is 0 Å². The Morgan fingerprint density at radius 2 is 1.97 bits per heavy atom. The van der Waals surface area contributed by atoms with Gasteiger partial charge in [0.2, 0.25) is 0 Å². The lowest BCUT2D eigenvalue weighted by Crippen LogP contribution is -2.16. The normalized spacial score (nSPS) is 10.7. The zero-order valence-electron chi connectivity index (χ0n) is 15.0. The number of ether oxygens (including phenoxy) is 2. The fourth-order valence-corrected chi connectivity index (χ4v) is 2.40. The minimum Gasteiger partial charge on any atom is -0.464 e. The Hall–Kier alpha value is -4.09. The van der Waals surface area contributed by atoms with Gasteiger partial charge in [-0.15, -0.1) is 0 Å². The van der Waals surface area contributed by atoms with Gasteiger partial charge < -0.3 is 14.8 Å². The summed E-state index contributed by atoms with van der Waals surface area (Å²) in [5, 5.41) is 17.2. The lowest BCUT2D eigenvalue weighted by molar-refractivity contribution is -0.386. The molecule has 3 rings (SSSR count). The molecule has 1 heterocycles. The fraction of sp³-hybridized carbons (Fsp3) is 0.111. The van der Waals surface area contributed by atoms with Crippen molar-refractivity contribution in [3.8, 4) is 11.5 Å². The Balaban J connectivity index is 1.68. The maximum atomic E-state index is 13.3. The molecule has 0 saturated heterocycles. The summed E-state index contributed by atoms with van der Waals surface area (Å²) in [6.45, 7) is -3.44. The SMILES string of the molecule is O=C(Nc1ccc(F)cc1OC(F)F)c1ccn(COc2ccccc2[N+](=O)[O-])n1. The van der Waals surface area contributed by atoms with Gasteiger partial charge in [0.1, 0.15) is 5.82 Å². The van der Waals surface area contributed by atoms with E-state index in [2.05, 4.69) is 15.2 Å². The van der Waals surface area contributed by atoms with E-state index in [4.69, 9.17) is 4.74 Å². The van der Waals surface area contributed by atoms with Gasteiger partial charge in [0.25, 0.3) is 5.91 Å². The van der Waals surface area contributed by atoms with Crippen LogP contribution in [0.3, 0.4) is 0 Å². The van der Waals surface area contributed by atoms with Crippen molar-refractivity contribution in [1.29, 1.82) is 0 Å². The van der Waals surface area contributed by atoms with E-state index in [1.165, 1.54) is 35.1 Å². The highest BCUT2D eigenvalue weighted by molar-refractivity contribution is 6.03. The predicted molar refractivity (Wildman–Crippen MR) is 96.9 cm³/mol. The number of halogens is 3. The quantitative estimate of drug-likeness (QED) is 0.437. The van der Waals surface area contributed by atoms with Crippen molar-refractivity contribution in [2.45, 2.75) is 13.3 Å². The predicted octanol–water partition coefficient (Wildman–Crippen LogP) is 3.82. The molecule has 2 aromatic carbocycles. The number of carbonyl (C=O) groups excluding carboxylic acids is 1. The van der Waals surface area contributed by atoms with Crippen LogP contribution < -0.4 is 14.8 Å². The summed E-state index contributed by atoms with van der Waals surface area (Å²) in [7, 11) is 0. The number of aromatic nitrogens is 2. The van der Waals surface area contributed by atoms with Crippen LogP contribution in [0.4, 0.5) is 24.5 Å². The second-order valence-electron chi connectivity index (χ2n) is 5.71. The Labute approximate surface area is 166 Å². The molecule has 1 aromatic heterocycles. The molecule has 0 aliphatic carbocycles. The van der Waals surface area contributed by atoms with E-state index in [0.29, 0.717) is 6.07 Å². The van der Waals surface area contributed by atoms with Crippen molar-refractivity contribution in [3.05, 3.63) is 76.4 Å². The number of rotatable bonds is 8. The van der Waals surface area contributed by atoms with Gasteiger partial charge in [0.15, 0.2) is 23.9 Å². The van der Waals surface area contributed by atoms with Crippen molar-refractivity contribution in [1.82, 2.24) is 9.78 Å². The number of amides is 1. The van der Waals surface area contributed by atoms with Gasteiger partial charge in [-0.1, -0.05) is 12.1 Å². The molecule has 1 amide bonds. The molecule has 9 nitrogen and oxygen atoms in total. The van der Waals surface area contributed by atoms with Crippen LogP contribution in [0.1, 0.15) is 10.5 Å². The first-order valence-electron chi connectivity index (χ1n) is 8.29. The maximum absolute atomic E-state index is 13.3. The third-order valence-corrected chi connectivity index (χ3v) is 3.70. The van der Waals surface area contributed by atoms with Gasteiger partial charge >= 0.3 is 12.3 Å². The molecule has 0 atom stereocenters. The Morgan fingerprint density at radius 1 is 1.20 bits per heavy atom. The third-order valence-electron chi connectivity index (χ3n) is 3.70. The van der Waals surface area contributed by atoms with E-state index in [9.17, 15) is 28.1 Å². The van der Waals surface area contributed by atoms with Crippen molar-refractivity contribution in [3.63, 3.8) is 0 Å². The molecule has 0 fully saturated rings. The first-order valence-corrected chi connectivity index (χ1v) is 8.29. The lowest BCUT2D eigenvalue weighted by atomic mass is 10.2. The topological polar surface area (TPSA) is 109 Å². The third kappa shape index (κ3) is 5.04. The number of alkyl halides is 2. The van der Waals surface area contributed by atoms with Crippen LogP contribution in [0.2, 0.25) is 0 Å². The van der Waals surface area contributed by atoms with Crippen LogP contribution in [0.25, 0.3) is 0 Å². The molecule has 12 heteroatoms. The molecule has 156 valence electrons. The number of anilines is 1. The summed E-state index contributed by atoms with van der Waals surface area (Å²) in [4.78, 5) is 22.7. The standard InChI is InChI=1S/C18H13F3N4O5/c19-11-5-6-12(16(9-11)30-18(20)21)22-17(26)13-7-8-24(23-13)10-29-15-4-2-1-3-14(15)25(27)28/h1-9,18H,10H2,(H,22,26). The summed E-state index contributed by atoms with van der Waals surface area (Å²) >= 11 is 0. The van der Waals surface area contributed by atoms with Gasteiger partial charge in [0.05, 0.1) is 10.6 Å². The first kappa shape index (κ1) is 20.6. The number of nitrogens with zero attached hydrogens (tertiary/aromatic N) is 3. The van der Waals surface area contributed by atoms with Crippen molar-refractivity contribution >= 4 is 17.3 Å². The molecule has 0 unspecified atom stereocenters. The van der Waals surface area contributed by atoms with Crippen LogP contribution in [0.5, 0.6) is 11.5 Å². The maximum Gasteiger partial charge on any atom is 0.387 e. The zero-order valence-corrected chi connectivity index (χ0v) is 15.0. The molecule has 0 aliphatic rings. The average molecular weight is 422 g/mol. The van der Waals surface area contributed by atoms with Crippen LogP contribution in [0.15, 0.2) is 54.7 Å². The van der Waals surface area contributed by atoms with E-state index in [1.807, 2.05) is 0 Å². The number of nitro benzene ring substituents is 1. The largest absolute Gasteiger partial charge is 0.464 e. The molecule has 0 saturated carbocycles. The highest BCUT2D eigenvalue weighted by atomic mass is 19.3. The summed E-state index contributed by atoms with van der Waals surface area (Å²) in [6, 6.07) is 9.80. The number of nitrogens with one attached hydrogen (secondary N) is 1. The van der Waals surface area contributed by atoms with Crippen molar-refractivity contribution < 1.29 is 32.4 Å². The zero-order chi connectivity index (χ0) is 21.7. The van der Waals surface area contributed by atoms with E-state index in [0.717, 1.165) is 12.1 Å². The second-order valence-corrected chi connectivity index (χ2v) is 5.71. The number of hydrogen-bond donors (Lipinski definition) is 1. The Bertz CT molecular complexity index is 1070. The Kier molecular flexibility index (Phi) is 6.15. The Morgan fingerprint density at radius 3 is 2.70 bits per heavy atom. The number of hydrogen-bond acceptors (Lipinski definition) is 6. The number of para-hydroxylation sites is 2. The highest BCUT2D eigenvalue weighted by Gasteiger charge is 2.17. The van der Waals surface area contributed by atoms with Crippen LogP contribution in [-0.2, 0) is 6.73 Å². The number of benzene rings is 2. The van der Waals surface area contributed by atoms with Crippen LogP contribution >= 0.6 is 0 Å². The smallest absolute Gasteiger partial charge is 0.387 e. The molecular weight excluding hydrogens is 409 g/mol. The van der Waals surface area contributed by atoms with E-state index in [1.54, 1.807) is 6.07 Å². The van der Waals surface area contributed by atoms with Gasteiger partial charge in [-0.05, 0) is 24.3 Å². The lowest BCUT2D eigenvalue weighted by Gasteiger charge is -2.11. The minimum absolute atomic E-state index is 0.0177. The van der Waals surface area contributed by atoms with Crippen molar-refractivity contribution in [2.24, 2.45) is 0 Å². The molecule has 30 heavy (non-hydrogen) atoms. The summed E-state index contributed by atoms with van der Waals surface area (Å²) in [5.74, 6) is -2.12. The second kappa shape index (κ2) is 8.94. The molecular formula is C18H13F3N4O5. The minimum atomic E-state index is -3.21. The molecule has 0 radical (unpaired) electrons. The summed E-state index contributed by atoms with van der Waals surface area (Å²) in [6.07, 6.45) is 1.38. The highest BCUT2D eigenvalue weighted by Crippen LogP contribution is 2.28. The molecule has 0 spiro atoms.